The first kappa shape index (κ1) is 28.5. The predicted octanol–water partition coefficient (Wildman–Crippen LogP) is 5.47. The van der Waals surface area contributed by atoms with Gasteiger partial charge in [0.15, 0.2) is 13.9 Å². The maximum atomic E-state index is 14.4. The molecule has 2 fully saturated rings. The smallest absolute Gasteiger partial charge is 0.264 e. The minimum atomic E-state index is -2.73. The fourth-order valence-electron chi connectivity index (χ4n) is 7.00. The van der Waals surface area contributed by atoms with Gasteiger partial charge in [-0.15, -0.1) is 0 Å². The molecule has 3 heterocycles. The second-order valence-electron chi connectivity index (χ2n) is 11.8. The number of hydrogen-bond acceptors (Lipinski definition) is 5. The molecule has 2 aromatic rings. The van der Waals surface area contributed by atoms with Crippen molar-refractivity contribution in [2.24, 2.45) is 5.92 Å². The van der Waals surface area contributed by atoms with E-state index in [1.807, 2.05) is 67.4 Å². The zero-order chi connectivity index (χ0) is 27.9. The lowest BCUT2D eigenvalue weighted by Gasteiger charge is -2.32. The van der Waals surface area contributed by atoms with Crippen LogP contribution in [0.5, 0.6) is 0 Å². The van der Waals surface area contributed by atoms with Crippen LogP contribution in [0.1, 0.15) is 56.6 Å². The fourth-order valence-corrected chi connectivity index (χ4v) is 9.96. The van der Waals surface area contributed by atoms with Crippen LogP contribution in [0.2, 0.25) is 18.6 Å². The van der Waals surface area contributed by atoms with Gasteiger partial charge in [-0.05, 0) is 68.3 Å². The van der Waals surface area contributed by atoms with Crippen molar-refractivity contribution in [2.45, 2.75) is 82.3 Å². The minimum Gasteiger partial charge on any atom is -0.432 e. The van der Waals surface area contributed by atoms with E-state index in [1.165, 1.54) is 0 Å². The summed E-state index contributed by atoms with van der Waals surface area (Å²) in [6, 6.07) is 13.8. The number of aliphatic hydroxyl groups excluding tert-OH is 1. The van der Waals surface area contributed by atoms with Crippen LogP contribution in [0.3, 0.4) is 0 Å². The molecule has 1 spiro atoms. The summed E-state index contributed by atoms with van der Waals surface area (Å²) in [6.07, 6.45) is 4.77. The Kier molecular flexibility index (Phi) is 8.10. The van der Waals surface area contributed by atoms with E-state index >= 15 is 0 Å². The van der Waals surface area contributed by atoms with E-state index in [0.717, 1.165) is 59.2 Å². The van der Waals surface area contributed by atoms with Gasteiger partial charge < -0.3 is 24.4 Å². The normalized spacial score (nSPS) is 27.7. The molecule has 0 saturated carbocycles. The van der Waals surface area contributed by atoms with Crippen molar-refractivity contribution in [1.29, 1.82) is 0 Å². The summed E-state index contributed by atoms with van der Waals surface area (Å²) in [5, 5.41) is 9.77. The van der Waals surface area contributed by atoms with Crippen molar-refractivity contribution >= 4 is 47.4 Å². The van der Waals surface area contributed by atoms with Crippen molar-refractivity contribution in [3.05, 3.63) is 58.1 Å². The second-order valence-corrected chi connectivity index (χ2v) is 16.7. The maximum Gasteiger partial charge on any atom is 0.264 e. The molecule has 0 radical (unpaired) electrons. The molecule has 3 aliphatic heterocycles. The van der Waals surface area contributed by atoms with Crippen LogP contribution in [0.25, 0.3) is 0 Å². The predicted molar refractivity (Wildman–Crippen MR) is 158 cm³/mol. The lowest BCUT2D eigenvalue weighted by Crippen LogP contribution is -2.46. The first-order chi connectivity index (χ1) is 18.6. The second kappa shape index (κ2) is 11.1. The van der Waals surface area contributed by atoms with Gasteiger partial charge in [-0.2, -0.15) is 0 Å². The van der Waals surface area contributed by atoms with Crippen LogP contribution in [0, 0.1) is 5.92 Å². The van der Waals surface area contributed by atoms with Gasteiger partial charge in [-0.1, -0.05) is 47.8 Å². The number of fused-ring (bicyclic) bond motifs is 2. The molecule has 0 aliphatic carbocycles. The molecule has 2 amide bonds. The third-order valence-electron chi connectivity index (χ3n) is 8.77. The summed E-state index contributed by atoms with van der Waals surface area (Å²) < 4.78 is 7.51. The van der Waals surface area contributed by atoms with Crippen LogP contribution >= 0.6 is 15.9 Å². The van der Waals surface area contributed by atoms with Crippen LogP contribution < -0.4 is 9.80 Å². The molecule has 0 aromatic heterocycles. The highest BCUT2D eigenvalue weighted by atomic mass is 79.9. The van der Waals surface area contributed by atoms with Crippen LogP contribution in [0.4, 0.5) is 11.4 Å². The number of amides is 2. The molecule has 0 bridgehead atoms. The number of carbonyl (C=O) groups is 2. The Balaban J connectivity index is 1.46. The van der Waals surface area contributed by atoms with Crippen LogP contribution in [-0.2, 0) is 26.5 Å². The summed E-state index contributed by atoms with van der Waals surface area (Å²) in [5.74, 6) is -0.213. The number of benzene rings is 2. The lowest BCUT2D eigenvalue weighted by atomic mass is 9.82. The Bertz CT molecular complexity index is 1230. The van der Waals surface area contributed by atoms with Gasteiger partial charge in [0.25, 0.3) is 5.91 Å². The summed E-state index contributed by atoms with van der Waals surface area (Å²) >= 11 is 3.59. The van der Waals surface area contributed by atoms with E-state index in [-0.39, 0.29) is 29.9 Å². The third-order valence-corrected chi connectivity index (χ3v) is 11.8. The summed E-state index contributed by atoms with van der Waals surface area (Å²) in [5.41, 5.74) is 2.06. The molecule has 2 saturated heterocycles. The average Bonchev–Trinajstić information content (AvgIpc) is 3.29. The number of aliphatic hydroxyl groups is 1. The maximum absolute atomic E-state index is 14.4. The molecule has 9 heteroatoms. The molecular weight excluding hydrogens is 576 g/mol. The van der Waals surface area contributed by atoms with E-state index in [1.54, 1.807) is 4.90 Å². The number of rotatable bonds is 6. The van der Waals surface area contributed by atoms with Gasteiger partial charge in [0.2, 0.25) is 5.91 Å². The van der Waals surface area contributed by atoms with Crippen molar-refractivity contribution in [2.75, 3.05) is 23.0 Å². The minimum absolute atomic E-state index is 0.0659. The van der Waals surface area contributed by atoms with E-state index in [4.69, 9.17) is 4.74 Å². The Labute approximate surface area is 240 Å². The van der Waals surface area contributed by atoms with Crippen molar-refractivity contribution in [1.82, 2.24) is 0 Å². The highest BCUT2D eigenvalue weighted by Crippen LogP contribution is 2.60. The van der Waals surface area contributed by atoms with Gasteiger partial charge in [0.1, 0.15) is 0 Å². The molecule has 3 aliphatic rings. The van der Waals surface area contributed by atoms with Gasteiger partial charge in [0.05, 0.1) is 18.3 Å². The Morgan fingerprint density at radius 3 is 2.49 bits per heavy atom. The zero-order valence-corrected chi connectivity index (χ0v) is 25.6. The van der Waals surface area contributed by atoms with Gasteiger partial charge >= 0.3 is 0 Å². The van der Waals surface area contributed by atoms with Crippen LogP contribution in [0.15, 0.2) is 46.9 Å². The highest BCUT2D eigenvalue weighted by molar-refractivity contribution is 9.10. The summed E-state index contributed by atoms with van der Waals surface area (Å²) in [4.78, 5) is 42.0. The number of anilines is 2. The molecule has 2 aromatic carbocycles. The summed E-state index contributed by atoms with van der Waals surface area (Å²) in [7, 11) is -2.73. The first-order valence-corrected chi connectivity index (χ1v) is 17.9. The van der Waals surface area contributed by atoms with Gasteiger partial charge in [-0.25, -0.2) is 0 Å². The topological polar surface area (TPSA) is 90.3 Å². The number of nitrogens with zero attached hydrogens (tertiary/aromatic N) is 2. The first-order valence-electron chi connectivity index (χ1n) is 14.1. The van der Waals surface area contributed by atoms with E-state index < -0.39 is 20.0 Å². The molecule has 5 rings (SSSR count). The molecule has 7 nitrogen and oxygen atoms in total. The van der Waals surface area contributed by atoms with Gasteiger partial charge in [-0.3, -0.25) is 9.59 Å². The Morgan fingerprint density at radius 2 is 1.79 bits per heavy atom. The monoisotopic (exact) mass is 614 g/mol. The summed E-state index contributed by atoms with van der Waals surface area (Å²) in [6.45, 7) is 6.83. The molecular formula is C30H39BrN2O5Si. The largest absolute Gasteiger partial charge is 0.432 e. The standard InChI is InChI=1S/C30H39BrN2O5Si/c1-20-28(39(2,3)37)26(15-17-34)38-30(20)24-18-22(31)11-14-25(24)33(29(30)36)19-21-9-12-23(13-10-21)32-16-7-5-4-6-8-27(32)35/h9-14,18,20,26,28,34,37H,4-8,15-17,19H2,1-3H3/t20-,26+,28-,30+/m1/s1. The Hall–Kier alpha value is -2.04. The molecule has 2 N–H and O–H groups in total. The Morgan fingerprint density at radius 1 is 1.08 bits per heavy atom. The van der Waals surface area contributed by atoms with Crippen LogP contribution in [-0.4, -0.2) is 49.3 Å². The molecule has 0 unspecified atom stereocenters. The number of ether oxygens (including phenoxy) is 1. The van der Waals surface area contributed by atoms with Crippen molar-refractivity contribution in [3.8, 4) is 0 Å². The molecule has 39 heavy (non-hydrogen) atoms. The number of carbonyl (C=O) groups excluding carboxylic acids is 2. The lowest BCUT2D eigenvalue weighted by molar-refractivity contribution is -0.146. The van der Waals surface area contributed by atoms with E-state index in [0.29, 0.717) is 19.4 Å². The zero-order valence-electron chi connectivity index (χ0n) is 23.0. The van der Waals surface area contributed by atoms with Crippen molar-refractivity contribution < 1.29 is 24.2 Å². The van der Waals surface area contributed by atoms with E-state index in [2.05, 4.69) is 15.9 Å². The third kappa shape index (κ3) is 5.12. The molecule has 210 valence electrons. The van der Waals surface area contributed by atoms with Crippen molar-refractivity contribution in [3.63, 3.8) is 0 Å². The van der Waals surface area contributed by atoms with Gasteiger partial charge in [0, 0.05) is 46.8 Å². The number of halogens is 1. The molecule has 4 atom stereocenters. The average molecular weight is 616 g/mol. The highest BCUT2D eigenvalue weighted by Gasteiger charge is 2.66. The van der Waals surface area contributed by atoms with E-state index in [9.17, 15) is 19.5 Å². The quantitative estimate of drug-likeness (QED) is 0.421. The SMILES string of the molecule is C[C@@H]1[C@@H]([Si](C)(C)O)[C@H](CCO)O[C@@]12C(=O)N(Cc1ccc(N3CCCCCCC3=O)cc1)c1ccc(Br)cc12. The fraction of sp³-hybridized carbons (Fsp3) is 0.533. The number of hydrogen-bond donors (Lipinski definition) is 2.